The van der Waals surface area contributed by atoms with Crippen molar-refractivity contribution in [3.05, 3.63) is 53.5 Å². The Morgan fingerprint density at radius 1 is 1.39 bits per heavy atom. The van der Waals surface area contributed by atoms with Crippen LogP contribution in [0.15, 0.2) is 30.7 Å². The van der Waals surface area contributed by atoms with E-state index < -0.39 is 5.97 Å². The van der Waals surface area contributed by atoms with E-state index in [9.17, 15) is 9.18 Å². The minimum absolute atomic E-state index is 0.219. The standard InChI is InChI=1S/C21H23FN4O2/c1-3-28-21(27)17-11-25-18-13(2)9-15(22)10-16(18)19(17)26-8-4-5-14(12-26)20-23-6-7-24-20/h6-7,9-11,14H,3-5,8,12H2,1-2H3,(H,23,24). The number of rotatable bonds is 4. The van der Waals surface area contributed by atoms with Gasteiger partial charge in [-0.1, -0.05) is 0 Å². The number of anilines is 1. The number of aryl methyl sites for hydroxylation is 1. The third kappa shape index (κ3) is 3.32. The molecule has 1 unspecified atom stereocenters. The summed E-state index contributed by atoms with van der Waals surface area (Å²) in [7, 11) is 0. The number of fused-ring (bicyclic) bond motifs is 1. The molecule has 1 saturated heterocycles. The Bertz CT molecular complexity index is 1000. The van der Waals surface area contributed by atoms with Crippen LogP contribution in [0.2, 0.25) is 0 Å². The van der Waals surface area contributed by atoms with Gasteiger partial charge in [0, 0.05) is 43.0 Å². The molecule has 0 bridgehead atoms. The minimum atomic E-state index is -0.436. The Kier molecular flexibility index (Phi) is 4.98. The molecular weight excluding hydrogens is 359 g/mol. The van der Waals surface area contributed by atoms with Gasteiger partial charge in [-0.3, -0.25) is 4.98 Å². The van der Waals surface area contributed by atoms with Crippen LogP contribution in [0.5, 0.6) is 0 Å². The van der Waals surface area contributed by atoms with Crippen LogP contribution in [0.3, 0.4) is 0 Å². The molecule has 4 rings (SSSR count). The number of imidazole rings is 1. The molecule has 0 saturated carbocycles. The average Bonchev–Trinajstić information content (AvgIpc) is 3.22. The Balaban J connectivity index is 1.85. The molecule has 1 aromatic carbocycles. The van der Waals surface area contributed by atoms with Gasteiger partial charge in [-0.05, 0) is 44.4 Å². The van der Waals surface area contributed by atoms with Gasteiger partial charge in [-0.25, -0.2) is 14.2 Å². The number of carbonyl (C=O) groups excluding carboxylic acids is 1. The van der Waals surface area contributed by atoms with Crippen molar-refractivity contribution in [1.82, 2.24) is 15.0 Å². The zero-order valence-corrected chi connectivity index (χ0v) is 16.0. The topological polar surface area (TPSA) is 71.1 Å². The smallest absolute Gasteiger partial charge is 0.341 e. The molecule has 0 radical (unpaired) electrons. The van der Waals surface area contributed by atoms with Gasteiger partial charge in [0.2, 0.25) is 0 Å². The first kappa shape index (κ1) is 18.4. The monoisotopic (exact) mass is 382 g/mol. The number of carbonyl (C=O) groups is 1. The van der Waals surface area contributed by atoms with Crippen LogP contribution in [0.1, 0.15) is 47.4 Å². The SMILES string of the molecule is CCOC(=O)c1cnc2c(C)cc(F)cc2c1N1CCCC(c2ncc[nH]2)C1. The number of esters is 1. The van der Waals surface area contributed by atoms with Crippen LogP contribution >= 0.6 is 0 Å². The van der Waals surface area contributed by atoms with Crippen molar-refractivity contribution in [1.29, 1.82) is 0 Å². The lowest BCUT2D eigenvalue weighted by Gasteiger charge is -2.35. The number of H-pyrrole nitrogens is 1. The molecule has 1 aliphatic heterocycles. The summed E-state index contributed by atoms with van der Waals surface area (Å²) >= 11 is 0. The molecule has 0 spiro atoms. The molecule has 1 aliphatic rings. The Morgan fingerprint density at radius 3 is 3.00 bits per heavy atom. The Labute approximate surface area is 162 Å². The first-order chi connectivity index (χ1) is 13.6. The van der Waals surface area contributed by atoms with E-state index in [2.05, 4.69) is 19.9 Å². The van der Waals surface area contributed by atoms with Crippen molar-refractivity contribution < 1.29 is 13.9 Å². The summed E-state index contributed by atoms with van der Waals surface area (Å²) < 4.78 is 19.5. The van der Waals surface area contributed by atoms with Crippen molar-refractivity contribution in [2.24, 2.45) is 0 Å². The quantitative estimate of drug-likeness (QED) is 0.692. The minimum Gasteiger partial charge on any atom is -0.462 e. The fraction of sp³-hybridized carbons (Fsp3) is 0.381. The summed E-state index contributed by atoms with van der Waals surface area (Å²) in [6.45, 7) is 5.33. The lowest BCUT2D eigenvalue weighted by atomic mass is 9.95. The molecule has 0 amide bonds. The lowest BCUT2D eigenvalue weighted by Crippen LogP contribution is -2.36. The van der Waals surface area contributed by atoms with Gasteiger partial charge in [0.05, 0.1) is 17.8 Å². The van der Waals surface area contributed by atoms with E-state index in [1.165, 1.54) is 12.1 Å². The molecule has 28 heavy (non-hydrogen) atoms. The lowest BCUT2D eigenvalue weighted by molar-refractivity contribution is 0.0526. The average molecular weight is 382 g/mol. The molecule has 146 valence electrons. The summed E-state index contributed by atoms with van der Waals surface area (Å²) in [5.74, 6) is 0.377. The predicted molar refractivity (Wildman–Crippen MR) is 105 cm³/mol. The van der Waals surface area contributed by atoms with Gasteiger partial charge in [0.15, 0.2) is 0 Å². The number of halogens is 1. The summed E-state index contributed by atoms with van der Waals surface area (Å²) in [5.41, 5.74) is 2.51. The Morgan fingerprint density at radius 2 is 2.25 bits per heavy atom. The second kappa shape index (κ2) is 7.58. The number of nitrogens with one attached hydrogen (secondary N) is 1. The van der Waals surface area contributed by atoms with Crippen molar-refractivity contribution in [3.8, 4) is 0 Å². The fourth-order valence-corrected chi connectivity index (χ4v) is 4.03. The summed E-state index contributed by atoms with van der Waals surface area (Å²) in [6, 6.07) is 2.93. The number of nitrogens with zero attached hydrogens (tertiary/aromatic N) is 3. The molecule has 1 atom stereocenters. The number of hydrogen-bond acceptors (Lipinski definition) is 5. The first-order valence-electron chi connectivity index (χ1n) is 9.58. The van der Waals surface area contributed by atoms with Gasteiger partial charge >= 0.3 is 5.97 Å². The number of pyridine rings is 1. The number of piperidine rings is 1. The zero-order valence-electron chi connectivity index (χ0n) is 16.0. The van der Waals surface area contributed by atoms with Crippen molar-refractivity contribution in [3.63, 3.8) is 0 Å². The van der Waals surface area contributed by atoms with E-state index >= 15 is 0 Å². The Hall–Kier alpha value is -2.96. The molecule has 0 aliphatic carbocycles. The molecule has 3 heterocycles. The molecule has 6 nitrogen and oxygen atoms in total. The number of aromatic amines is 1. The highest BCUT2D eigenvalue weighted by molar-refractivity contribution is 6.06. The van der Waals surface area contributed by atoms with Crippen molar-refractivity contribution in [2.45, 2.75) is 32.6 Å². The fourth-order valence-electron chi connectivity index (χ4n) is 4.03. The second-order valence-electron chi connectivity index (χ2n) is 7.12. The van der Waals surface area contributed by atoms with E-state index in [0.29, 0.717) is 28.7 Å². The highest BCUT2D eigenvalue weighted by Crippen LogP contribution is 2.36. The summed E-state index contributed by atoms with van der Waals surface area (Å²) in [5, 5.41) is 0.642. The third-order valence-electron chi connectivity index (χ3n) is 5.24. The zero-order chi connectivity index (χ0) is 19.7. The van der Waals surface area contributed by atoms with Crippen LogP contribution < -0.4 is 4.90 Å². The molecular formula is C21H23FN4O2. The van der Waals surface area contributed by atoms with Crippen LogP contribution in [0.4, 0.5) is 10.1 Å². The maximum Gasteiger partial charge on any atom is 0.341 e. The van der Waals surface area contributed by atoms with Crippen LogP contribution in [0.25, 0.3) is 10.9 Å². The summed E-state index contributed by atoms with van der Waals surface area (Å²) in [4.78, 5) is 26.8. The number of aromatic nitrogens is 3. The van der Waals surface area contributed by atoms with Gasteiger partial charge < -0.3 is 14.6 Å². The van der Waals surface area contributed by atoms with E-state index in [4.69, 9.17) is 4.74 Å². The van der Waals surface area contributed by atoms with Gasteiger partial charge in [-0.2, -0.15) is 0 Å². The number of benzene rings is 1. The molecule has 2 aromatic heterocycles. The second-order valence-corrected chi connectivity index (χ2v) is 7.12. The molecule has 1 fully saturated rings. The van der Waals surface area contributed by atoms with Crippen LogP contribution in [0, 0.1) is 12.7 Å². The van der Waals surface area contributed by atoms with E-state index in [1.54, 1.807) is 19.3 Å². The highest BCUT2D eigenvalue weighted by Gasteiger charge is 2.28. The van der Waals surface area contributed by atoms with E-state index in [-0.39, 0.29) is 18.3 Å². The van der Waals surface area contributed by atoms with Gasteiger partial charge in [-0.15, -0.1) is 0 Å². The van der Waals surface area contributed by atoms with E-state index in [0.717, 1.165) is 30.8 Å². The predicted octanol–water partition coefficient (Wildman–Crippen LogP) is 3.97. The van der Waals surface area contributed by atoms with Crippen LogP contribution in [-0.4, -0.2) is 40.6 Å². The highest BCUT2D eigenvalue weighted by atomic mass is 19.1. The maximum atomic E-state index is 14.2. The van der Waals surface area contributed by atoms with Crippen molar-refractivity contribution >= 4 is 22.6 Å². The van der Waals surface area contributed by atoms with E-state index in [1.807, 2.05) is 13.1 Å². The number of ether oxygens (including phenoxy) is 1. The van der Waals surface area contributed by atoms with Gasteiger partial charge in [0.25, 0.3) is 0 Å². The molecule has 1 N–H and O–H groups in total. The normalized spacial score (nSPS) is 17.1. The van der Waals surface area contributed by atoms with Crippen molar-refractivity contribution in [2.75, 3.05) is 24.6 Å². The number of hydrogen-bond donors (Lipinski definition) is 1. The first-order valence-corrected chi connectivity index (χ1v) is 9.58. The summed E-state index contributed by atoms with van der Waals surface area (Å²) in [6.07, 6.45) is 7.08. The van der Waals surface area contributed by atoms with Gasteiger partial charge in [0.1, 0.15) is 17.2 Å². The molecule has 3 aromatic rings. The van der Waals surface area contributed by atoms with Crippen LogP contribution in [-0.2, 0) is 4.74 Å². The third-order valence-corrected chi connectivity index (χ3v) is 5.24. The largest absolute Gasteiger partial charge is 0.462 e. The molecule has 7 heteroatoms. The maximum absolute atomic E-state index is 14.2.